The maximum atomic E-state index is 10.9. The van der Waals surface area contributed by atoms with Crippen molar-refractivity contribution in [2.24, 2.45) is 0 Å². The van der Waals surface area contributed by atoms with E-state index in [0.29, 0.717) is 31.1 Å². The summed E-state index contributed by atoms with van der Waals surface area (Å²) in [5.41, 5.74) is 0.754. The quantitative estimate of drug-likeness (QED) is 0.455. The maximum absolute atomic E-state index is 10.9. The van der Waals surface area contributed by atoms with E-state index in [1.54, 1.807) is 36.4 Å². The van der Waals surface area contributed by atoms with Crippen LogP contribution in [-0.4, -0.2) is 24.0 Å². The summed E-state index contributed by atoms with van der Waals surface area (Å²) < 4.78 is 11.1. The summed E-state index contributed by atoms with van der Waals surface area (Å²) in [7, 11) is 0. The van der Waals surface area contributed by atoms with E-state index in [0.717, 1.165) is 5.69 Å². The van der Waals surface area contributed by atoms with Gasteiger partial charge in [-0.2, -0.15) is 0 Å². The van der Waals surface area contributed by atoms with Crippen molar-refractivity contribution >= 4 is 17.3 Å². The van der Waals surface area contributed by atoms with Gasteiger partial charge in [-0.25, -0.2) is 0 Å². The number of non-ortho nitro benzene ring substituents is 1. The smallest absolute Gasteiger partial charge is 0.269 e. The third-order valence-electron chi connectivity index (χ3n) is 3.05. The molecule has 2 aromatic carbocycles. The van der Waals surface area contributed by atoms with Gasteiger partial charge < -0.3 is 14.8 Å². The lowest BCUT2D eigenvalue weighted by Crippen LogP contribution is -2.06. The van der Waals surface area contributed by atoms with E-state index >= 15 is 0 Å². The molecule has 2 aromatic rings. The largest absolute Gasteiger partial charge is 0.493 e. The highest BCUT2D eigenvalue weighted by molar-refractivity contribution is 5.88. The second-order valence-corrected chi connectivity index (χ2v) is 5.01. The molecule has 0 aliphatic carbocycles. The van der Waals surface area contributed by atoms with Gasteiger partial charge >= 0.3 is 0 Å². The van der Waals surface area contributed by atoms with E-state index in [1.807, 2.05) is 0 Å². The lowest BCUT2D eigenvalue weighted by molar-refractivity contribution is -0.384. The molecule has 0 bridgehead atoms. The van der Waals surface area contributed by atoms with Crippen molar-refractivity contribution in [3.63, 3.8) is 0 Å². The van der Waals surface area contributed by atoms with Crippen LogP contribution in [0.5, 0.6) is 11.5 Å². The van der Waals surface area contributed by atoms with E-state index in [4.69, 9.17) is 9.47 Å². The molecule has 0 aromatic heterocycles. The van der Waals surface area contributed by atoms with Crippen LogP contribution in [0.2, 0.25) is 0 Å². The molecular weight excluding hydrogens is 312 g/mol. The third kappa shape index (κ3) is 5.60. The number of benzene rings is 2. The molecule has 126 valence electrons. The summed E-state index contributed by atoms with van der Waals surface area (Å²) in [6.07, 6.45) is 0.671. The molecule has 0 radical (unpaired) electrons. The van der Waals surface area contributed by atoms with Crippen LogP contribution in [0.15, 0.2) is 48.5 Å². The Hall–Kier alpha value is -3.09. The molecule has 0 unspecified atom stereocenters. The van der Waals surface area contributed by atoms with Crippen LogP contribution in [0.4, 0.5) is 11.4 Å². The first-order chi connectivity index (χ1) is 11.5. The molecule has 24 heavy (non-hydrogen) atoms. The molecule has 0 saturated carbocycles. The summed E-state index contributed by atoms with van der Waals surface area (Å²) >= 11 is 0. The maximum Gasteiger partial charge on any atom is 0.269 e. The van der Waals surface area contributed by atoms with Gasteiger partial charge in [0.25, 0.3) is 5.69 Å². The summed E-state index contributed by atoms with van der Waals surface area (Å²) in [5, 5.41) is 13.2. The van der Waals surface area contributed by atoms with E-state index in [1.165, 1.54) is 19.1 Å². The van der Waals surface area contributed by atoms with E-state index in [2.05, 4.69) is 5.32 Å². The number of carbonyl (C=O) groups is 1. The molecule has 1 amide bonds. The first-order valence-corrected chi connectivity index (χ1v) is 7.42. The fourth-order valence-electron chi connectivity index (χ4n) is 1.94. The zero-order valence-electron chi connectivity index (χ0n) is 13.2. The topological polar surface area (TPSA) is 90.7 Å². The SMILES string of the molecule is CC(=O)Nc1ccc(OCCCOc2ccc([N+](=O)[O-])cc2)cc1. The Bertz CT molecular complexity index is 683. The zero-order valence-corrected chi connectivity index (χ0v) is 13.2. The van der Waals surface area contributed by atoms with Crippen molar-refractivity contribution in [1.29, 1.82) is 0 Å². The standard InChI is InChI=1S/C17H18N2O5/c1-13(20)18-14-3-7-16(8-4-14)23-11-2-12-24-17-9-5-15(6-10-17)19(21)22/h3-10H,2,11-12H2,1H3,(H,18,20). The third-order valence-corrected chi connectivity index (χ3v) is 3.05. The van der Waals surface area contributed by atoms with Crippen molar-refractivity contribution in [3.8, 4) is 11.5 Å². The van der Waals surface area contributed by atoms with Gasteiger partial charge in [0.05, 0.1) is 18.1 Å². The van der Waals surface area contributed by atoms with Gasteiger partial charge in [0, 0.05) is 31.2 Å². The number of nitrogens with zero attached hydrogens (tertiary/aromatic N) is 1. The number of hydrogen-bond acceptors (Lipinski definition) is 5. The fourth-order valence-corrected chi connectivity index (χ4v) is 1.94. The second kappa shape index (κ2) is 8.52. The Kier molecular flexibility index (Phi) is 6.13. The Labute approximate surface area is 139 Å². The minimum Gasteiger partial charge on any atom is -0.493 e. The highest BCUT2D eigenvalue weighted by Gasteiger charge is 2.04. The zero-order chi connectivity index (χ0) is 17.4. The molecule has 0 aliphatic heterocycles. The number of nitro groups is 1. The normalized spacial score (nSPS) is 10.0. The first-order valence-electron chi connectivity index (χ1n) is 7.42. The Morgan fingerprint density at radius 2 is 1.50 bits per heavy atom. The predicted molar refractivity (Wildman–Crippen MR) is 89.4 cm³/mol. The summed E-state index contributed by atoms with van der Waals surface area (Å²) in [6, 6.07) is 13.0. The highest BCUT2D eigenvalue weighted by atomic mass is 16.6. The van der Waals surface area contributed by atoms with Gasteiger partial charge in [-0.3, -0.25) is 14.9 Å². The molecule has 0 fully saturated rings. The molecule has 0 aliphatic rings. The van der Waals surface area contributed by atoms with Gasteiger partial charge in [-0.05, 0) is 36.4 Å². The average molecular weight is 330 g/mol. The average Bonchev–Trinajstić information content (AvgIpc) is 2.56. The number of carbonyl (C=O) groups excluding carboxylic acids is 1. The molecule has 0 atom stereocenters. The molecule has 2 rings (SSSR count). The van der Waals surface area contributed by atoms with Crippen molar-refractivity contribution in [2.75, 3.05) is 18.5 Å². The van der Waals surface area contributed by atoms with Crippen LogP contribution in [0, 0.1) is 10.1 Å². The second-order valence-electron chi connectivity index (χ2n) is 5.01. The lowest BCUT2D eigenvalue weighted by atomic mass is 10.3. The van der Waals surface area contributed by atoms with Crippen LogP contribution in [-0.2, 0) is 4.79 Å². The number of rotatable bonds is 8. The minimum atomic E-state index is -0.450. The number of amides is 1. The van der Waals surface area contributed by atoms with Crippen LogP contribution in [0.3, 0.4) is 0 Å². The van der Waals surface area contributed by atoms with E-state index in [9.17, 15) is 14.9 Å². The van der Waals surface area contributed by atoms with Crippen molar-refractivity contribution in [3.05, 3.63) is 58.6 Å². The van der Waals surface area contributed by atoms with Crippen LogP contribution < -0.4 is 14.8 Å². The number of nitrogens with one attached hydrogen (secondary N) is 1. The Morgan fingerprint density at radius 1 is 1.00 bits per heavy atom. The summed E-state index contributed by atoms with van der Waals surface area (Å²) in [4.78, 5) is 21.0. The van der Waals surface area contributed by atoms with Gasteiger partial charge in [0.2, 0.25) is 5.91 Å². The number of anilines is 1. The van der Waals surface area contributed by atoms with Crippen LogP contribution in [0.1, 0.15) is 13.3 Å². The fraction of sp³-hybridized carbons (Fsp3) is 0.235. The van der Waals surface area contributed by atoms with Crippen molar-refractivity contribution < 1.29 is 19.2 Å². The Balaban J connectivity index is 1.67. The molecule has 0 saturated heterocycles. The Morgan fingerprint density at radius 3 is 1.96 bits per heavy atom. The number of nitro benzene ring substituents is 1. The molecular formula is C17H18N2O5. The lowest BCUT2D eigenvalue weighted by Gasteiger charge is -2.09. The van der Waals surface area contributed by atoms with E-state index in [-0.39, 0.29) is 11.6 Å². The molecule has 0 heterocycles. The van der Waals surface area contributed by atoms with Crippen LogP contribution in [0.25, 0.3) is 0 Å². The number of hydrogen-bond donors (Lipinski definition) is 1. The summed E-state index contributed by atoms with van der Waals surface area (Å²) in [6.45, 7) is 2.38. The highest BCUT2D eigenvalue weighted by Crippen LogP contribution is 2.18. The van der Waals surface area contributed by atoms with E-state index < -0.39 is 4.92 Å². The van der Waals surface area contributed by atoms with Gasteiger partial charge in [0.15, 0.2) is 0 Å². The molecule has 0 spiro atoms. The molecule has 7 nitrogen and oxygen atoms in total. The minimum absolute atomic E-state index is 0.0355. The molecule has 7 heteroatoms. The van der Waals surface area contributed by atoms with Gasteiger partial charge in [-0.1, -0.05) is 0 Å². The molecule has 1 N–H and O–H groups in total. The summed E-state index contributed by atoms with van der Waals surface area (Å²) in [5.74, 6) is 1.17. The van der Waals surface area contributed by atoms with Gasteiger partial charge in [0.1, 0.15) is 11.5 Å². The first kappa shape index (κ1) is 17.3. The van der Waals surface area contributed by atoms with Gasteiger partial charge in [-0.15, -0.1) is 0 Å². The van der Waals surface area contributed by atoms with Crippen LogP contribution >= 0.6 is 0 Å². The van der Waals surface area contributed by atoms with Crippen molar-refractivity contribution in [1.82, 2.24) is 0 Å². The predicted octanol–water partition coefficient (Wildman–Crippen LogP) is 3.40. The monoisotopic (exact) mass is 330 g/mol. The number of ether oxygens (including phenoxy) is 2. The van der Waals surface area contributed by atoms with Crippen molar-refractivity contribution in [2.45, 2.75) is 13.3 Å².